The van der Waals surface area contributed by atoms with Crippen LogP contribution in [0.25, 0.3) is 10.9 Å². The van der Waals surface area contributed by atoms with Crippen LogP contribution in [0.15, 0.2) is 42.5 Å². The molecule has 1 fully saturated rings. The molecule has 2 aromatic carbocycles. The number of rotatable bonds is 9. The Labute approximate surface area is 231 Å². The second-order valence-corrected chi connectivity index (χ2v) is 11.5. The largest absolute Gasteiger partial charge is 0.494 e. The molecule has 5 rings (SSSR count). The zero-order valence-electron chi connectivity index (χ0n) is 22.7. The number of benzene rings is 2. The van der Waals surface area contributed by atoms with Gasteiger partial charge in [-0.25, -0.2) is 4.79 Å². The number of carbonyl (C=O) groups is 1. The molecule has 3 aromatic rings. The number of aromatic nitrogens is 1. The van der Waals surface area contributed by atoms with Crippen molar-refractivity contribution in [3.05, 3.63) is 64.3 Å². The van der Waals surface area contributed by atoms with E-state index in [4.69, 9.17) is 21.1 Å². The number of nitrogens with one attached hydrogen (secondary N) is 1. The molecule has 1 aromatic heterocycles. The zero-order valence-corrected chi connectivity index (χ0v) is 23.4. The number of hydrogen-bond acceptors (Lipinski definition) is 4. The second kappa shape index (κ2) is 12.4. The SMILES string of the molecule is CC(C)COC(=O)N1CCc2c([nH]c3ccc(Cl)cc23)C1c1ccc(OCCCCN2CCCCC2)cc1. The number of nitrogens with zero attached hydrogens (tertiary/aromatic N) is 2. The standard InChI is InChI=1S/C31H40ClN3O3/c1-22(2)21-38-31(36)35-18-14-26-27-20-24(32)10-13-28(27)33-29(26)30(35)23-8-11-25(12-9-23)37-19-7-6-17-34-15-4-3-5-16-34/h8-13,20,22,30,33H,3-7,14-19,21H2,1-2H3. The molecule has 0 saturated carbocycles. The van der Waals surface area contributed by atoms with Crippen LogP contribution in [0.4, 0.5) is 4.79 Å². The first kappa shape index (κ1) is 26.9. The van der Waals surface area contributed by atoms with Crippen LogP contribution in [-0.2, 0) is 11.2 Å². The Bertz CT molecular complexity index is 1220. The summed E-state index contributed by atoms with van der Waals surface area (Å²) in [5, 5.41) is 1.84. The molecule has 1 atom stereocenters. The lowest BCUT2D eigenvalue weighted by atomic mass is 9.92. The number of halogens is 1. The van der Waals surface area contributed by atoms with Crippen molar-refractivity contribution in [2.45, 2.75) is 58.4 Å². The minimum atomic E-state index is -0.278. The predicted octanol–water partition coefficient (Wildman–Crippen LogP) is 7.21. The van der Waals surface area contributed by atoms with Crippen molar-refractivity contribution >= 4 is 28.6 Å². The van der Waals surface area contributed by atoms with Gasteiger partial charge >= 0.3 is 6.09 Å². The Morgan fingerprint density at radius 3 is 2.61 bits per heavy atom. The van der Waals surface area contributed by atoms with Crippen LogP contribution >= 0.6 is 11.6 Å². The third kappa shape index (κ3) is 6.29. The van der Waals surface area contributed by atoms with E-state index in [0.717, 1.165) is 47.4 Å². The van der Waals surface area contributed by atoms with E-state index in [2.05, 4.69) is 22.0 Å². The van der Waals surface area contributed by atoms with Gasteiger partial charge in [0.2, 0.25) is 0 Å². The van der Waals surface area contributed by atoms with E-state index in [0.29, 0.717) is 18.2 Å². The Balaban J connectivity index is 1.29. The Morgan fingerprint density at radius 2 is 1.84 bits per heavy atom. The number of hydrogen-bond donors (Lipinski definition) is 1. The van der Waals surface area contributed by atoms with Gasteiger partial charge in [0, 0.05) is 28.2 Å². The molecule has 7 heteroatoms. The van der Waals surface area contributed by atoms with E-state index in [-0.39, 0.29) is 18.1 Å². The Hall–Kier alpha value is -2.70. The first-order valence-corrected chi connectivity index (χ1v) is 14.6. The molecule has 6 nitrogen and oxygen atoms in total. The second-order valence-electron chi connectivity index (χ2n) is 11.1. The van der Waals surface area contributed by atoms with Gasteiger partial charge in [-0.05, 0) is 99.1 Å². The van der Waals surface area contributed by atoms with Crippen molar-refractivity contribution < 1.29 is 14.3 Å². The normalized spacial score (nSPS) is 18.1. The fraction of sp³-hybridized carbons (Fsp3) is 0.516. The molecule has 3 heterocycles. The number of H-pyrrole nitrogens is 1. The van der Waals surface area contributed by atoms with Crippen LogP contribution in [-0.4, -0.2) is 60.3 Å². The highest BCUT2D eigenvalue weighted by atomic mass is 35.5. The molecular formula is C31H40ClN3O3. The number of ether oxygens (including phenoxy) is 2. The molecule has 1 unspecified atom stereocenters. The fourth-order valence-electron chi connectivity index (χ4n) is 5.68. The molecule has 38 heavy (non-hydrogen) atoms. The van der Waals surface area contributed by atoms with Crippen LogP contribution in [0.3, 0.4) is 0 Å². The molecule has 204 valence electrons. The van der Waals surface area contributed by atoms with Gasteiger partial charge in [-0.2, -0.15) is 0 Å². The minimum absolute atomic E-state index is 0.261. The molecule has 1 N–H and O–H groups in total. The van der Waals surface area contributed by atoms with Gasteiger partial charge in [0.25, 0.3) is 0 Å². The van der Waals surface area contributed by atoms with Crippen LogP contribution in [0.2, 0.25) is 5.02 Å². The Morgan fingerprint density at radius 1 is 1.05 bits per heavy atom. The minimum Gasteiger partial charge on any atom is -0.494 e. The maximum absolute atomic E-state index is 13.2. The number of fused-ring (bicyclic) bond motifs is 3. The number of aromatic amines is 1. The third-order valence-electron chi connectivity index (χ3n) is 7.65. The monoisotopic (exact) mass is 537 g/mol. The van der Waals surface area contributed by atoms with Crippen molar-refractivity contribution in [1.82, 2.24) is 14.8 Å². The zero-order chi connectivity index (χ0) is 26.5. The number of unbranched alkanes of at least 4 members (excludes halogenated alkanes) is 1. The van der Waals surface area contributed by atoms with Gasteiger partial charge < -0.3 is 19.4 Å². The summed E-state index contributed by atoms with van der Waals surface area (Å²) in [6.07, 6.45) is 6.75. The maximum Gasteiger partial charge on any atom is 0.410 e. The van der Waals surface area contributed by atoms with Crippen molar-refractivity contribution in [1.29, 1.82) is 0 Å². The first-order chi connectivity index (χ1) is 18.5. The van der Waals surface area contributed by atoms with Gasteiger partial charge in [0.15, 0.2) is 0 Å². The quantitative estimate of drug-likeness (QED) is 0.293. The lowest BCUT2D eigenvalue weighted by Crippen LogP contribution is -2.41. The summed E-state index contributed by atoms with van der Waals surface area (Å²) in [6, 6.07) is 13.8. The number of carbonyl (C=O) groups excluding carboxylic acids is 1. The fourth-order valence-corrected chi connectivity index (χ4v) is 5.85. The summed E-state index contributed by atoms with van der Waals surface area (Å²) < 4.78 is 11.7. The van der Waals surface area contributed by atoms with Crippen LogP contribution in [0.1, 0.15) is 68.8 Å². The number of amides is 1. The molecule has 0 radical (unpaired) electrons. The summed E-state index contributed by atoms with van der Waals surface area (Å²) >= 11 is 6.33. The van der Waals surface area contributed by atoms with E-state index < -0.39 is 0 Å². The summed E-state index contributed by atoms with van der Waals surface area (Å²) in [7, 11) is 0. The smallest absolute Gasteiger partial charge is 0.410 e. The van der Waals surface area contributed by atoms with E-state index in [9.17, 15) is 4.79 Å². The maximum atomic E-state index is 13.2. The molecule has 0 bridgehead atoms. The van der Waals surface area contributed by atoms with E-state index >= 15 is 0 Å². The highest BCUT2D eigenvalue weighted by molar-refractivity contribution is 6.31. The van der Waals surface area contributed by atoms with Gasteiger partial charge in [0.1, 0.15) is 11.8 Å². The van der Waals surface area contributed by atoms with Crippen molar-refractivity contribution in [2.75, 3.05) is 39.4 Å². The summed E-state index contributed by atoms with van der Waals surface area (Å²) in [4.78, 5) is 21.2. The van der Waals surface area contributed by atoms with Crippen LogP contribution in [0, 0.1) is 5.92 Å². The molecule has 2 aliphatic heterocycles. The number of piperidine rings is 1. The van der Waals surface area contributed by atoms with Crippen molar-refractivity contribution in [2.24, 2.45) is 5.92 Å². The summed E-state index contributed by atoms with van der Waals surface area (Å²) in [5.74, 6) is 1.14. The van der Waals surface area contributed by atoms with Crippen LogP contribution in [0.5, 0.6) is 5.75 Å². The first-order valence-electron chi connectivity index (χ1n) is 14.2. The lowest BCUT2D eigenvalue weighted by Gasteiger charge is -2.35. The average Bonchev–Trinajstić information content (AvgIpc) is 3.30. The summed E-state index contributed by atoms with van der Waals surface area (Å²) in [6.45, 7) is 9.47. The molecule has 2 aliphatic rings. The average molecular weight is 538 g/mol. The van der Waals surface area contributed by atoms with Crippen molar-refractivity contribution in [3.63, 3.8) is 0 Å². The van der Waals surface area contributed by atoms with Gasteiger partial charge in [-0.15, -0.1) is 0 Å². The van der Waals surface area contributed by atoms with E-state index in [1.807, 2.05) is 49.1 Å². The number of likely N-dealkylation sites (tertiary alicyclic amines) is 1. The molecular weight excluding hydrogens is 498 g/mol. The van der Waals surface area contributed by atoms with E-state index in [1.165, 1.54) is 50.9 Å². The highest BCUT2D eigenvalue weighted by Gasteiger charge is 2.35. The highest BCUT2D eigenvalue weighted by Crippen LogP contribution is 2.39. The molecule has 1 saturated heterocycles. The van der Waals surface area contributed by atoms with Gasteiger partial charge in [-0.3, -0.25) is 4.90 Å². The third-order valence-corrected chi connectivity index (χ3v) is 7.88. The lowest BCUT2D eigenvalue weighted by molar-refractivity contribution is 0.0797. The van der Waals surface area contributed by atoms with Crippen molar-refractivity contribution in [3.8, 4) is 5.75 Å². The van der Waals surface area contributed by atoms with E-state index in [1.54, 1.807) is 0 Å². The predicted molar refractivity (Wildman–Crippen MR) is 153 cm³/mol. The topological polar surface area (TPSA) is 57.8 Å². The molecule has 0 spiro atoms. The molecule has 1 amide bonds. The van der Waals surface area contributed by atoms with Gasteiger partial charge in [-0.1, -0.05) is 44.0 Å². The summed E-state index contributed by atoms with van der Waals surface area (Å²) in [5.41, 5.74) is 4.31. The van der Waals surface area contributed by atoms with Crippen LogP contribution < -0.4 is 4.74 Å². The molecule has 0 aliphatic carbocycles. The van der Waals surface area contributed by atoms with Gasteiger partial charge in [0.05, 0.1) is 13.2 Å². The Kier molecular flexibility index (Phi) is 8.80.